The average Bonchev–Trinajstić information content (AvgIpc) is 2.49. The first-order chi connectivity index (χ1) is 8.00. The summed E-state index contributed by atoms with van der Waals surface area (Å²) in [6.45, 7) is 6.34. The van der Waals surface area contributed by atoms with Gasteiger partial charge in [0.25, 0.3) is 0 Å². The minimum absolute atomic E-state index is 0.358. The van der Waals surface area contributed by atoms with E-state index in [2.05, 4.69) is 57.2 Å². The minimum atomic E-state index is -0.358. The molecule has 0 aliphatic heterocycles. The van der Waals surface area contributed by atoms with Gasteiger partial charge in [-0.25, -0.2) is 0 Å². The quantitative estimate of drug-likeness (QED) is 0.726. The molecule has 2 aromatic carbocycles. The summed E-state index contributed by atoms with van der Waals surface area (Å²) >= 11 is 0. The van der Waals surface area contributed by atoms with Crippen LogP contribution in [0.2, 0.25) is 0 Å². The highest BCUT2D eigenvalue weighted by Gasteiger charge is 2.35. The Balaban J connectivity index is 2.37. The number of benzene rings is 2. The van der Waals surface area contributed by atoms with Crippen LogP contribution < -0.4 is 5.73 Å². The Morgan fingerprint density at radius 3 is 1.65 bits per heavy atom. The van der Waals surface area contributed by atoms with Gasteiger partial charge < -0.3 is 5.73 Å². The largest absolute Gasteiger partial charge is 0.318 e. The van der Waals surface area contributed by atoms with Crippen molar-refractivity contribution < 1.29 is 0 Å². The second kappa shape index (κ2) is 3.21. The van der Waals surface area contributed by atoms with Gasteiger partial charge in [0.15, 0.2) is 0 Å². The lowest BCUT2D eigenvalue weighted by molar-refractivity contribution is 0.620. The zero-order chi connectivity index (χ0) is 12.2. The van der Waals surface area contributed by atoms with Gasteiger partial charge in [-0.3, -0.25) is 0 Å². The summed E-state index contributed by atoms with van der Waals surface area (Å²) in [4.78, 5) is 0. The summed E-state index contributed by atoms with van der Waals surface area (Å²) < 4.78 is 0. The summed E-state index contributed by atoms with van der Waals surface area (Å²) in [6.07, 6.45) is 0. The number of hydrogen-bond donors (Lipinski definition) is 1. The van der Waals surface area contributed by atoms with Crippen molar-refractivity contribution in [1.82, 2.24) is 0 Å². The molecule has 1 heteroatoms. The van der Waals surface area contributed by atoms with Crippen molar-refractivity contribution >= 4 is 0 Å². The van der Waals surface area contributed by atoms with Gasteiger partial charge >= 0.3 is 0 Å². The second-order valence-corrected chi connectivity index (χ2v) is 5.30. The maximum absolute atomic E-state index is 6.54. The molecule has 2 aromatic rings. The lowest BCUT2D eigenvalue weighted by Crippen LogP contribution is -2.31. The van der Waals surface area contributed by atoms with E-state index in [1.807, 2.05) is 0 Å². The predicted molar refractivity (Wildman–Crippen MR) is 72.0 cm³/mol. The number of fused-ring (bicyclic) bond motifs is 3. The Bertz CT molecular complexity index is 555. The van der Waals surface area contributed by atoms with Crippen molar-refractivity contribution in [1.29, 1.82) is 0 Å². The van der Waals surface area contributed by atoms with Crippen LogP contribution in [0.3, 0.4) is 0 Å². The summed E-state index contributed by atoms with van der Waals surface area (Å²) in [5.41, 5.74) is 13.8. The minimum Gasteiger partial charge on any atom is -0.318 e. The average molecular weight is 223 g/mol. The first kappa shape index (κ1) is 10.5. The first-order valence-electron chi connectivity index (χ1n) is 6.01. The number of aryl methyl sites for hydroxylation is 2. The molecule has 1 aliphatic carbocycles. The molecule has 0 spiro atoms. The molecule has 0 saturated carbocycles. The maximum atomic E-state index is 6.54. The molecule has 2 N–H and O–H groups in total. The molecule has 0 heterocycles. The van der Waals surface area contributed by atoms with Crippen LogP contribution in [0.1, 0.15) is 29.2 Å². The van der Waals surface area contributed by atoms with Gasteiger partial charge in [-0.1, -0.05) is 47.5 Å². The van der Waals surface area contributed by atoms with Crippen molar-refractivity contribution in [2.45, 2.75) is 26.3 Å². The molecule has 0 saturated heterocycles. The van der Waals surface area contributed by atoms with Gasteiger partial charge in [-0.2, -0.15) is 0 Å². The molecule has 0 radical (unpaired) electrons. The van der Waals surface area contributed by atoms with E-state index in [-0.39, 0.29) is 5.54 Å². The van der Waals surface area contributed by atoms with Crippen LogP contribution in [0, 0.1) is 13.8 Å². The molecule has 17 heavy (non-hydrogen) atoms. The number of nitrogens with two attached hydrogens (primary N) is 1. The molecule has 0 unspecified atom stereocenters. The molecule has 0 aromatic heterocycles. The third kappa shape index (κ3) is 1.36. The van der Waals surface area contributed by atoms with Crippen LogP contribution in [0.5, 0.6) is 0 Å². The van der Waals surface area contributed by atoms with E-state index in [9.17, 15) is 0 Å². The number of hydrogen-bond acceptors (Lipinski definition) is 1. The zero-order valence-corrected chi connectivity index (χ0v) is 10.5. The molecular weight excluding hydrogens is 206 g/mol. The Labute approximate surface area is 102 Å². The molecule has 0 amide bonds. The number of rotatable bonds is 0. The van der Waals surface area contributed by atoms with Crippen LogP contribution >= 0.6 is 0 Å². The predicted octanol–water partition coefficient (Wildman–Crippen LogP) is 3.51. The van der Waals surface area contributed by atoms with Gasteiger partial charge in [0.1, 0.15) is 0 Å². The van der Waals surface area contributed by atoms with Crippen molar-refractivity contribution in [3.63, 3.8) is 0 Å². The van der Waals surface area contributed by atoms with E-state index in [4.69, 9.17) is 5.73 Å². The van der Waals surface area contributed by atoms with Crippen molar-refractivity contribution in [2.24, 2.45) is 5.73 Å². The molecule has 86 valence electrons. The van der Waals surface area contributed by atoms with Gasteiger partial charge in [-0.05, 0) is 43.0 Å². The highest BCUT2D eigenvalue weighted by molar-refractivity contribution is 5.81. The fourth-order valence-corrected chi connectivity index (χ4v) is 2.79. The fourth-order valence-electron chi connectivity index (χ4n) is 2.79. The molecule has 1 aliphatic rings. The van der Waals surface area contributed by atoms with Gasteiger partial charge in [0.05, 0.1) is 5.54 Å². The lowest BCUT2D eigenvalue weighted by Gasteiger charge is -2.22. The normalized spacial score (nSPS) is 15.5. The van der Waals surface area contributed by atoms with Crippen molar-refractivity contribution in [3.05, 3.63) is 58.7 Å². The van der Waals surface area contributed by atoms with E-state index in [0.29, 0.717) is 0 Å². The smallest absolute Gasteiger partial charge is 0.0649 e. The zero-order valence-electron chi connectivity index (χ0n) is 10.5. The monoisotopic (exact) mass is 223 g/mol. The van der Waals surface area contributed by atoms with Crippen LogP contribution in [-0.4, -0.2) is 0 Å². The lowest BCUT2D eigenvalue weighted by atomic mass is 9.89. The molecule has 0 bridgehead atoms. The molecule has 3 rings (SSSR count). The Morgan fingerprint density at radius 1 is 0.824 bits per heavy atom. The molecule has 0 atom stereocenters. The van der Waals surface area contributed by atoms with Gasteiger partial charge in [0.2, 0.25) is 0 Å². The van der Waals surface area contributed by atoms with Crippen LogP contribution in [0.4, 0.5) is 0 Å². The van der Waals surface area contributed by atoms with E-state index < -0.39 is 0 Å². The molecule has 1 nitrogen and oxygen atoms in total. The van der Waals surface area contributed by atoms with E-state index in [1.165, 1.54) is 33.4 Å². The third-order valence-electron chi connectivity index (χ3n) is 3.76. The highest BCUT2D eigenvalue weighted by atomic mass is 14.7. The van der Waals surface area contributed by atoms with Gasteiger partial charge in [0, 0.05) is 0 Å². The van der Waals surface area contributed by atoms with E-state index in [0.717, 1.165) is 0 Å². The summed E-state index contributed by atoms with van der Waals surface area (Å²) in [6, 6.07) is 13.1. The standard InChI is InChI=1S/C16H17N/c1-10-4-6-12-13-7-5-11(2)9-15(13)16(3,17)14(12)8-10/h4-9H,17H2,1-3H3. The maximum Gasteiger partial charge on any atom is 0.0649 e. The topological polar surface area (TPSA) is 26.0 Å². The summed E-state index contributed by atoms with van der Waals surface area (Å²) in [7, 11) is 0. The SMILES string of the molecule is Cc1ccc2c(c1)C(C)(N)c1cc(C)ccc1-2. The summed E-state index contributed by atoms with van der Waals surface area (Å²) in [5.74, 6) is 0. The van der Waals surface area contributed by atoms with E-state index >= 15 is 0 Å². The van der Waals surface area contributed by atoms with Gasteiger partial charge in [-0.15, -0.1) is 0 Å². The highest BCUT2D eigenvalue weighted by Crippen LogP contribution is 2.46. The van der Waals surface area contributed by atoms with E-state index in [1.54, 1.807) is 0 Å². The van der Waals surface area contributed by atoms with Crippen molar-refractivity contribution in [2.75, 3.05) is 0 Å². The third-order valence-corrected chi connectivity index (χ3v) is 3.76. The van der Waals surface area contributed by atoms with Crippen LogP contribution in [-0.2, 0) is 5.54 Å². The van der Waals surface area contributed by atoms with Crippen molar-refractivity contribution in [3.8, 4) is 11.1 Å². The van der Waals surface area contributed by atoms with Crippen LogP contribution in [0.25, 0.3) is 11.1 Å². The second-order valence-electron chi connectivity index (χ2n) is 5.30. The molecular formula is C16H17N. The van der Waals surface area contributed by atoms with Crippen LogP contribution in [0.15, 0.2) is 36.4 Å². The fraction of sp³-hybridized carbons (Fsp3) is 0.250. The molecule has 0 fully saturated rings. The summed E-state index contributed by atoms with van der Waals surface area (Å²) in [5, 5.41) is 0. The Kier molecular flexibility index (Phi) is 1.99. The Morgan fingerprint density at radius 2 is 1.24 bits per heavy atom. The first-order valence-corrected chi connectivity index (χ1v) is 6.01. The Hall–Kier alpha value is -1.60.